The van der Waals surface area contributed by atoms with Gasteiger partial charge in [-0.1, -0.05) is 18.2 Å². The van der Waals surface area contributed by atoms with E-state index < -0.39 is 5.97 Å². The van der Waals surface area contributed by atoms with Crippen LogP contribution in [0.4, 0.5) is 0 Å². The van der Waals surface area contributed by atoms with E-state index >= 15 is 0 Å². The Morgan fingerprint density at radius 1 is 1.19 bits per heavy atom. The van der Waals surface area contributed by atoms with Gasteiger partial charge < -0.3 is 14.5 Å². The molecule has 5 nitrogen and oxygen atoms in total. The standard InChI is InChI=1S/C16H15NO4/c1-2-20-16(19)14(11-13-9-6-10-21-13)17-15(18)12-7-4-3-5-8-12/h3-11H,2H2,1H3,(H,17,18). The smallest absolute Gasteiger partial charge is 0.354 e. The van der Waals surface area contributed by atoms with Crippen LogP contribution in [0.2, 0.25) is 0 Å². The molecule has 1 heterocycles. The molecular weight excluding hydrogens is 270 g/mol. The lowest BCUT2D eigenvalue weighted by molar-refractivity contribution is -0.138. The van der Waals surface area contributed by atoms with Crippen LogP contribution in [0.1, 0.15) is 23.0 Å². The summed E-state index contributed by atoms with van der Waals surface area (Å²) < 4.78 is 10.1. The predicted octanol–water partition coefficient (Wildman–Crippen LogP) is 2.61. The number of carbonyl (C=O) groups is 2. The zero-order valence-corrected chi connectivity index (χ0v) is 11.5. The molecular formula is C16H15NO4. The molecule has 0 bridgehead atoms. The van der Waals surface area contributed by atoms with Crippen LogP contribution in [0.25, 0.3) is 6.08 Å². The SMILES string of the molecule is CCOC(=O)C(=Cc1ccco1)NC(=O)c1ccccc1. The topological polar surface area (TPSA) is 68.5 Å². The summed E-state index contributed by atoms with van der Waals surface area (Å²) in [5, 5.41) is 2.54. The molecule has 1 amide bonds. The van der Waals surface area contributed by atoms with Crippen LogP contribution < -0.4 is 5.32 Å². The maximum Gasteiger partial charge on any atom is 0.354 e. The van der Waals surface area contributed by atoms with Gasteiger partial charge in [0, 0.05) is 11.6 Å². The minimum Gasteiger partial charge on any atom is -0.465 e. The molecule has 1 N–H and O–H groups in total. The Kier molecular flexibility index (Phi) is 4.93. The van der Waals surface area contributed by atoms with Gasteiger partial charge in [-0.3, -0.25) is 4.79 Å². The van der Waals surface area contributed by atoms with E-state index in [-0.39, 0.29) is 18.2 Å². The van der Waals surface area contributed by atoms with Gasteiger partial charge in [0.1, 0.15) is 11.5 Å². The Hall–Kier alpha value is -2.82. The van der Waals surface area contributed by atoms with E-state index in [1.807, 2.05) is 6.07 Å². The molecule has 0 radical (unpaired) electrons. The van der Waals surface area contributed by atoms with Gasteiger partial charge in [0.05, 0.1) is 12.9 Å². The minimum absolute atomic E-state index is 0.0284. The molecule has 2 aromatic rings. The van der Waals surface area contributed by atoms with Crippen LogP contribution in [0.3, 0.4) is 0 Å². The molecule has 2 rings (SSSR count). The van der Waals surface area contributed by atoms with Crippen molar-refractivity contribution in [2.24, 2.45) is 0 Å². The molecule has 0 fully saturated rings. The maximum atomic E-state index is 12.1. The number of esters is 1. The average molecular weight is 285 g/mol. The van der Waals surface area contributed by atoms with Gasteiger partial charge in [-0.25, -0.2) is 4.79 Å². The lowest BCUT2D eigenvalue weighted by atomic mass is 10.2. The predicted molar refractivity (Wildman–Crippen MR) is 77.2 cm³/mol. The lowest BCUT2D eigenvalue weighted by Gasteiger charge is -2.08. The normalized spacial score (nSPS) is 11.0. The quantitative estimate of drug-likeness (QED) is 0.677. The summed E-state index contributed by atoms with van der Waals surface area (Å²) in [5.41, 5.74) is 0.479. The third-order valence-corrected chi connectivity index (χ3v) is 2.61. The van der Waals surface area contributed by atoms with E-state index in [1.54, 1.807) is 43.3 Å². The number of hydrogen-bond donors (Lipinski definition) is 1. The van der Waals surface area contributed by atoms with Crippen LogP contribution >= 0.6 is 0 Å². The molecule has 0 saturated carbocycles. The number of carbonyl (C=O) groups excluding carboxylic acids is 2. The highest BCUT2D eigenvalue weighted by molar-refractivity contribution is 6.03. The van der Waals surface area contributed by atoms with E-state index in [2.05, 4.69) is 5.32 Å². The van der Waals surface area contributed by atoms with Crippen molar-refractivity contribution in [3.63, 3.8) is 0 Å². The summed E-state index contributed by atoms with van der Waals surface area (Å²) in [6, 6.07) is 12.0. The van der Waals surface area contributed by atoms with E-state index in [0.717, 1.165) is 0 Å². The Morgan fingerprint density at radius 2 is 1.95 bits per heavy atom. The van der Waals surface area contributed by atoms with Crippen molar-refractivity contribution in [3.8, 4) is 0 Å². The average Bonchev–Trinajstić information content (AvgIpc) is 3.00. The third kappa shape index (κ3) is 4.07. The van der Waals surface area contributed by atoms with Gasteiger partial charge in [0.15, 0.2) is 0 Å². The first kappa shape index (κ1) is 14.6. The molecule has 5 heteroatoms. The fourth-order valence-electron chi connectivity index (χ4n) is 1.65. The van der Waals surface area contributed by atoms with Crippen LogP contribution in [0, 0.1) is 0 Å². The zero-order valence-electron chi connectivity index (χ0n) is 11.5. The first-order valence-corrected chi connectivity index (χ1v) is 6.49. The molecule has 0 aliphatic rings. The fraction of sp³-hybridized carbons (Fsp3) is 0.125. The van der Waals surface area contributed by atoms with Gasteiger partial charge in [0.25, 0.3) is 5.91 Å². The van der Waals surface area contributed by atoms with E-state index in [9.17, 15) is 9.59 Å². The Morgan fingerprint density at radius 3 is 2.57 bits per heavy atom. The zero-order chi connectivity index (χ0) is 15.1. The second-order valence-corrected chi connectivity index (χ2v) is 4.11. The third-order valence-electron chi connectivity index (χ3n) is 2.61. The van der Waals surface area contributed by atoms with Gasteiger partial charge in [-0.05, 0) is 31.2 Å². The highest BCUT2D eigenvalue weighted by Crippen LogP contribution is 2.08. The molecule has 0 aliphatic heterocycles. The van der Waals surface area contributed by atoms with Gasteiger partial charge >= 0.3 is 5.97 Å². The van der Waals surface area contributed by atoms with Crippen molar-refractivity contribution in [2.75, 3.05) is 6.61 Å². The molecule has 108 valence electrons. The van der Waals surface area contributed by atoms with Crippen molar-refractivity contribution in [1.29, 1.82) is 0 Å². The first-order chi connectivity index (χ1) is 10.2. The van der Waals surface area contributed by atoms with E-state index in [0.29, 0.717) is 11.3 Å². The molecule has 0 spiro atoms. The summed E-state index contributed by atoms with van der Waals surface area (Å²) in [6.45, 7) is 1.91. The molecule has 21 heavy (non-hydrogen) atoms. The maximum absolute atomic E-state index is 12.1. The highest BCUT2D eigenvalue weighted by atomic mass is 16.5. The van der Waals surface area contributed by atoms with Crippen LogP contribution in [0.5, 0.6) is 0 Å². The summed E-state index contributed by atoms with van der Waals surface area (Å²) in [6.07, 6.45) is 2.91. The molecule has 0 saturated heterocycles. The van der Waals surface area contributed by atoms with Crippen LogP contribution in [0.15, 0.2) is 58.8 Å². The minimum atomic E-state index is -0.613. The monoisotopic (exact) mass is 285 g/mol. The fourth-order valence-corrected chi connectivity index (χ4v) is 1.65. The van der Waals surface area contributed by atoms with Crippen LogP contribution in [-0.4, -0.2) is 18.5 Å². The highest BCUT2D eigenvalue weighted by Gasteiger charge is 2.15. The second kappa shape index (κ2) is 7.09. The van der Waals surface area contributed by atoms with Crippen molar-refractivity contribution in [1.82, 2.24) is 5.32 Å². The van der Waals surface area contributed by atoms with E-state index in [4.69, 9.17) is 9.15 Å². The number of hydrogen-bond acceptors (Lipinski definition) is 4. The summed E-state index contributed by atoms with van der Waals surface area (Å²) in [7, 11) is 0. The number of nitrogens with one attached hydrogen (secondary N) is 1. The number of furan rings is 1. The number of ether oxygens (including phenoxy) is 1. The van der Waals surface area contributed by atoms with Crippen LogP contribution in [-0.2, 0) is 9.53 Å². The molecule has 0 aliphatic carbocycles. The molecule has 0 atom stereocenters. The Bertz CT molecular complexity index is 630. The summed E-state index contributed by atoms with van der Waals surface area (Å²) in [5.74, 6) is -0.550. The number of benzene rings is 1. The van der Waals surface area contributed by atoms with E-state index in [1.165, 1.54) is 12.3 Å². The van der Waals surface area contributed by atoms with Gasteiger partial charge in [-0.2, -0.15) is 0 Å². The summed E-state index contributed by atoms with van der Waals surface area (Å²) in [4.78, 5) is 24.0. The first-order valence-electron chi connectivity index (χ1n) is 6.49. The van der Waals surface area contributed by atoms with Crippen molar-refractivity contribution >= 4 is 18.0 Å². The Labute approximate surface area is 122 Å². The molecule has 1 aromatic carbocycles. The second-order valence-electron chi connectivity index (χ2n) is 4.11. The number of amides is 1. The largest absolute Gasteiger partial charge is 0.465 e. The molecule has 0 unspecified atom stereocenters. The number of rotatable bonds is 5. The summed E-state index contributed by atoms with van der Waals surface area (Å²) >= 11 is 0. The van der Waals surface area contributed by atoms with Crippen molar-refractivity contribution < 1.29 is 18.7 Å². The van der Waals surface area contributed by atoms with Gasteiger partial charge in [0.2, 0.25) is 0 Å². The van der Waals surface area contributed by atoms with Crippen molar-refractivity contribution in [3.05, 3.63) is 65.7 Å². The van der Waals surface area contributed by atoms with Crippen molar-refractivity contribution in [2.45, 2.75) is 6.92 Å². The molecule has 1 aromatic heterocycles. The lowest BCUT2D eigenvalue weighted by Crippen LogP contribution is -2.28. The van der Waals surface area contributed by atoms with Gasteiger partial charge in [-0.15, -0.1) is 0 Å². The Balaban J connectivity index is 2.20.